The number of amides is 1. The van der Waals surface area contributed by atoms with E-state index in [4.69, 9.17) is 5.73 Å². The van der Waals surface area contributed by atoms with E-state index >= 15 is 0 Å². The number of nitrogens with zero attached hydrogens (tertiary/aromatic N) is 2. The predicted octanol–water partition coefficient (Wildman–Crippen LogP) is 2.08. The molecule has 0 aromatic heterocycles. The first-order valence-electron chi connectivity index (χ1n) is 8.90. The summed E-state index contributed by atoms with van der Waals surface area (Å²) in [6.07, 6.45) is 1.24. The van der Waals surface area contributed by atoms with Gasteiger partial charge in [0, 0.05) is 48.1 Å². The van der Waals surface area contributed by atoms with Gasteiger partial charge in [-0.05, 0) is 36.4 Å². The van der Waals surface area contributed by atoms with Crippen LogP contribution in [0.4, 0.5) is 17.1 Å². The molecule has 3 rings (SSSR count). The molecule has 0 spiro atoms. The standard InChI is InChI=1S/C19H24N4O3S2/c1-28(25,26)23-12-10-22(11-13-23)16-8-6-15(7-9-16)21-19(24)14-27-18-5-3-2-4-17(18)20/h2-9H,10-14,20H2,1H3,(H,21,24). The largest absolute Gasteiger partial charge is 0.398 e. The number of hydrogen-bond acceptors (Lipinski definition) is 6. The molecule has 0 saturated carbocycles. The number of para-hydroxylation sites is 1. The third-order valence-electron chi connectivity index (χ3n) is 4.50. The fraction of sp³-hybridized carbons (Fsp3) is 0.316. The van der Waals surface area contributed by atoms with E-state index in [-0.39, 0.29) is 11.7 Å². The van der Waals surface area contributed by atoms with Gasteiger partial charge in [-0.25, -0.2) is 8.42 Å². The zero-order valence-electron chi connectivity index (χ0n) is 15.7. The summed E-state index contributed by atoms with van der Waals surface area (Å²) in [5.74, 6) is 0.187. The van der Waals surface area contributed by atoms with Crippen molar-refractivity contribution in [1.29, 1.82) is 0 Å². The van der Waals surface area contributed by atoms with Crippen molar-refractivity contribution in [2.24, 2.45) is 0 Å². The maximum atomic E-state index is 12.2. The van der Waals surface area contributed by atoms with Gasteiger partial charge < -0.3 is 16.0 Å². The highest BCUT2D eigenvalue weighted by atomic mass is 32.2. The van der Waals surface area contributed by atoms with Gasteiger partial charge in [0.05, 0.1) is 12.0 Å². The predicted molar refractivity (Wildman–Crippen MR) is 115 cm³/mol. The van der Waals surface area contributed by atoms with Crippen molar-refractivity contribution in [3.63, 3.8) is 0 Å². The van der Waals surface area contributed by atoms with Crippen LogP contribution < -0.4 is 16.0 Å². The normalized spacial score (nSPS) is 15.4. The second-order valence-electron chi connectivity index (χ2n) is 6.57. The number of thioether (sulfide) groups is 1. The van der Waals surface area contributed by atoms with E-state index in [0.29, 0.717) is 31.9 Å². The molecule has 2 aromatic carbocycles. The van der Waals surface area contributed by atoms with E-state index in [1.54, 1.807) is 0 Å². The summed E-state index contributed by atoms with van der Waals surface area (Å²) in [5, 5.41) is 2.88. The van der Waals surface area contributed by atoms with E-state index < -0.39 is 10.0 Å². The number of sulfonamides is 1. The molecule has 1 aliphatic heterocycles. The SMILES string of the molecule is CS(=O)(=O)N1CCN(c2ccc(NC(=O)CSc3ccccc3N)cc2)CC1. The van der Waals surface area contributed by atoms with Gasteiger partial charge in [0.15, 0.2) is 0 Å². The number of benzene rings is 2. The number of piperazine rings is 1. The van der Waals surface area contributed by atoms with Crippen LogP contribution in [0.25, 0.3) is 0 Å². The number of carbonyl (C=O) groups excluding carboxylic acids is 1. The molecule has 0 bridgehead atoms. The molecule has 0 unspecified atom stereocenters. The number of nitrogen functional groups attached to an aromatic ring is 1. The Balaban J connectivity index is 1.50. The highest BCUT2D eigenvalue weighted by Gasteiger charge is 2.23. The minimum Gasteiger partial charge on any atom is -0.398 e. The first-order chi connectivity index (χ1) is 13.3. The Hall–Kier alpha value is -2.23. The third-order valence-corrected chi connectivity index (χ3v) is 6.89. The summed E-state index contributed by atoms with van der Waals surface area (Å²) < 4.78 is 24.7. The van der Waals surface area contributed by atoms with Crippen LogP contribution in [0.15, 0.2) is 53.4 Å². The Morgan fingerprint density at radius 1 is 1.07 bits per heavy atom. The molecule has 1 amide bonds. The third kappa shape index (κ3) is 5.40. The van der Waals surface area contributed by atoms with Crippen LogP contribution >= 0.6 is 11.8 Å². The number of hydrogen-bond donors (Lipinski definition) is 2. The van der Waals surface area contributed by atoms with E-state index in [2.05, 4.69) is 10.2 Å². The average Bonchev–Trinajstić information content (AvgIpc) is 2.67. The summed E-state index contributed by atoms with van der Waals surface area (Å²) >= 11 is 1.40. The number of nitrogens with two attached hydrogens (primary N) is 1. The zero-order chi connectivity index (χ0) is 20.1. The molecule has 1 heterocycles. The molecule has 0 aliphatic carbocycles. The number of nitrogens with one attached hydrogen (secondary N) is 1. The molecule has 0 radical (unpaired) electrons. The number of anilines is 3. The molecule has 0 atom stereocenters. The van der Waals surface area contributed by atoms with Crippen LogP contribution in [0.5, 0.6) is 0 Å². The van der Waals surface area contributed by atoms with Crippen LogP contribution in [0.2, 0.25) is 0 Å². The topological polar surface area (TPSA) is 95.7 Å². The minimum absolute atomic E-state index is 0.0947. The number of rotatable bonds is 6. The smallest absolute Gasteiger partial charge is 0.234 e. The van der Waals surface area contributed by atoms with Gasteiger partial charge in [0.2, 0.25) is 15.9 Å². The Morgan fingerprint density at radius 2 is 1.71 bits per heavy atom. The van der Waals surface area contributed by atoms with Crippen LogP contribution in [0, 0.1) is 0 Å². The van der Waals surface area contributed by atoms with E-state index in [0.717, 1.165) is 16.3 Å². The van der Waals surface area contributed by atoms with Crippen LogP contribution in [-0.2, 0) is 14.8 Å². The fourth-order valence-corrected chi connectivity index (χ4v) is 4.58. The van der Waals surface area contributed by atoms with Crippen molar-refractivity contribution >= 4 is 44.8 Å². The van der Waals surface area contributed by atoms with Gasteiger partial charge in [-0.15, -0.1) is 11.8 Å². The van der Waals surface area contributed by atoms with Gasteiger partial charge in [-0.3, -0.25) is 4.79 Å². The molecule has 28 heavy (non-hydrogen) atoms. The lowest BCUT2D eigenvalue weighted by Crippen LogP contribution is -2.48. The van der Waals surface area contributed by atoms with Crippen molar-refractivity contribution in [2.75, 3.05) is 54.1 Å². The minimum atomic E-state index is -3.13. The van der Waals surface area contributed by atoms with Crippen LogP contribution in [0.3, 0.4) is 0 Å². The molecular formula is C19H24N4O3S2. The van der Waals surface area contributed by atoms with Gasteiger partial charge in [-0.2, -0.15) is 4.31 Å². The number of carbonyl (C=O) groups is 1. The molecule has 2 aromatic rings. The van der Waals surface area contributed by atoms with Crippen molar-refractivity contribution < 1.29 is 13.2 Å². The summed E-state index contributed by atoms with van der Waals surface area (Å²) in [6.45, 7) is 2.26. The second kappa shape index (κ2) is 8.85. The van der Waals surface area contributed by atoms with Gasteiger partial charge >= 0.3 is 0 Å². The van der Waals surface area contributed by atoms with E-state index in [1.807, 2.05) is 48.5 Å². The highest BCUT2D eigenvalue weighted by molar-refractivity contribution is 8.00. The average molecular weight is 421 g/mol. The molecule has 1 fully saturated rings. The zero-order valence-corrected chi connectivity index (χ0v) is 17.3. The quantitative estimate of drug-likeness (QED) is 0.549. The van der Waals surface area contributed by atoms with Crippen LogP contribution in [0.1, 0.15) is 0 Å². The van der Waals surface area contributed by atoms with E-state index in [1.165, 1.54) is 22.3 Å². The Bertz CT molecular complexity index is 924. The van der Waals surface area contributed by atoms with Crippen molar-refractivity contribution in [3.05, 3.63) is 48.5 Å². The lowest BCUT2D eigenvalue weighted by atomic mass is 10.2. The lowest BCUT2D eigenvalue weighted by Gasteiger charge is -2.34. The van der Waals surface area contributed by atoms with Gasteiger partial charge in [-0.1, -0.05) is 12.1 Å². The molecule has 7 nitrogen and oxygen atoms in total. The van der Waals surface area contributed by atoms with Crippen LogP contribution in [-0.4, -0.2) is 56.8 Å². The molecular weight excluding hydrogens is 396 g/mol. The highest BCUT2D eigenvalue weighted by Crippen LogP contribution is 2.25. The first kappa shape index (κ1) is 20.5. The lowest BCUT2D eigenvalue weighted by molar-refractivity contribution is -0.113. The Morgan fingerprint density at radius 3 is 2.32 bits per heavy atom. The fourth-order valence-electron chi connectivity index (χ4n) is 2.99. The van der Waals surface area contributed by atoms with Gasteiger partial charge in [0.1, 0.15) is 0 Å². The molecule has 1 saturated heterocycles. The summed E-state index contributed by atoms with van der Waals surface area (Å²) in [4.78, 5) is 15.2. The summed E-state index contributed by atoms with van der Waals surface area (Å²) in [7, 11) is -3.13. The first-order valence-corrected chi connectivity index (χ1v) is 11.7. The van der Waals surface area contributed by atoms with Crippen molar-refractivity contribution in [3.8, 4) is 0 Å². The second-order valence-corrected chi connectivity index (χ2v) is 9.57. The van der Waals surface area contributed by atoms with E-state index in [9.17, 15) is 13.2 Å². The monoisotopic (exact) mass is 420 g/mol. The molecule has 1 aliphatic rings. The van der Waals surface area contributed by atoms with Crippen molar-refractivity contribution in [1.82, 2.24) is 4.31 Å². The van der Waals surface area contributed by atoms with Gasteiger partial charge in [0.25, 0.3) is 0 Å². The van der Waals surface area contributed by atoms with Crippen molar-refractivity contribution in [2.45, 2.75) is 4.90 Å². The molecule has 3 N–H and O–H groups in total. The maximum absolute atomic E-state index is 12.2. The Kier molecular flexibility index (Phi) is 6.48. The molecule has 150 valence electrons. The summed E-state index contributed by atoms with van der Waals surface area (Å²) in [6, 6.07) is 15.1. The molecule has 9 heteroatoms. The summed E-state index contributed by atoms with van der Waals surface area (Å²) in [5.41, 5.74) is 8.29. The maximum Gasteiger partial charge on any atom is 0.234 e. The Labute approximate surface area is 169 Å².